The Morgan fingerprint density at radius 1 is 1.24 bits per heavy atom. The van der Waals surface area contributed by atoms with Crippen LogP contribution >= 0.6 is 27.3 Å². The average Bonchev–Trinajstić information content (AvgIpc) is 3.06. The first-order chi connectivity index (χ1) is 12.0. The van der Waals surface area contributed by atoms with Crippen molar-refractivity contribution in [1.82, 2.24) is 4.98 Å². The SMILES string of the molecule is CN(C)c1cc(F)cc(Br)c1C=NNc1nc(-c2ccccc2)cs1. The van der Waals surface area contributed by atoms with Crippen LogP contribution in [0, 0.1) is 5.82 Å². The van der Waals surface area contributed by atoms with Crippen LogP contribution in [0.15, 0.2) is 57.4 Å². The summed E-state index contributed by atoms with van der Waals surface area (Å²) in [6.45, 7) is 0. The highest BCUT2D eigenvalue weighted by Crippen LogP contribution is 2.27. The third kappa shape index (κ3) is 4.24. The van der Waals surface area contributed by atoms with Gasteiger partial charge in [0.25, 0.3) is 0 Å². The number of benzene rings is 2. The van der Waals surface area contributed by atoms with Gasteiger partial charge in [-0.25, -0.2) is 9.37 Å². The lowest BCUT2D eigenvalue weighted by Crippen LogP contribution is -2.12. The van der Waals surface area contributed by atoms with Crippen molar-refractivity contribution in [2.45, 2.75) is 0 Å². The first kappa shape index (κ1) is 17.6. The topological polar surface area (TPSA) is 40.5 Å². The van der Waals surface area contributed by atoms with Gasteiger partial charge in [-0.1, -0.05) is 30.3 Å². The molecule has 0 spiro atoms. The summed E-state index contributed by atoms with van der Waals surface area (Å²) in [7, 11) is 3.72. The van der Waals surface area contributed by atoms with Gasteiger partial charge in [-0.15, -0.1) is 11.3 Å². The van der Waals surface area contributed by atoms with Crippen molar-refractivity contribution < 1.29 is 4.39 Å². The molecule has 0 aliphatic carbocycles. The van der Waals surface area contributed by atoms with Gasteiger partial charge >= 0.3 is 0 Å². The van der Waals surface area contributed by atoms with E-state index in [1.165, 1.54) is 23.5 Å². The molecular formula is C18H16BrFN4S. The number of hydrogen-bond acceptors (Lipinski definition) is 5. The molecule has 1 aromatic heterocycles. The molecule has 4 nitrogen and oxygen atoms in total. The first-order valence-corrected chi connectivity index (χ1v) is 9.18. The van der Waals surface area contributed by atoms with Gasteiger partial charge in [0.15, 0.2) is 0 Å². The van der Waals surface area contributed by atoms with E-state index in [1.807, 2.05) is 54.7 Å². The Morgan fingerprint density at radius 2 is 2.00 bits per heavy atom. The molecule has 2 aromatic carbocycles. The largest absolute Gasteiger partial charge is 0.377 e. The summed E-state index contributed by atoms with van der Waals surface area (Å²) in [5.74, 6) is -0.298. The number of anilines is 2. The Labute approximate surface area is 158 Å². The van der Waals surface area contributed by atoms with Gasteiger partial charge in [0.05, 0.1) is 11.9 Å². The van der Waals surface area contributed by atoms with Crippen molar-refractivity contribution >= 4 is 44.3 Å². The Morgan fingerprint density at radius 3 is 2.72 bits per heavy atom. The summed E-state index contributed by atoms with van der Waals surface area (Å²) in [6.07, 6.45) is 1.66. The van der Waals surface area contributed by atoms with Gasteiger partial charge in [-0.05, 0) is 28.1 Å². The fourth-order valence-corrected chi connectivity index (χ4v) is 3.48. The first-order valence-electron chi connectivity index (χ1n) is 7.51. The van der Waals surface area contributed by atoms with E-state index in [4.69, 9.17) is 0 Å². The minimum Gasteiger partial charge on any atom is -0.377 e. The van der Waals surface area contributed by atoms with Crippen LogP contribution < -0.4 is 10.3 Å². The second-order valence-electron chi connectivity index (χ2n) is 5.49. The number of nitrogens with zero attached hydrogens (tertiary/aromatic N) is 3. The number of hydrogen-bond donors (Lipinski definition) is 1. The molecule has 7 heteroatoms. The summed E-state index contributed by atoms with van der Waals surface area (Å²) in [5.41, 5.74) is 6.43. The Kier molecular flexibility index (Phi) is 5.45. The smallest absolute Gasteiger partial charge is 0.203 e. The predicted molar refractivity (Wildman–Crippen MR) is 107 cm³/mol. The third-order valence-electron chi connectivity index (χ3n) is 3.48. The van der Waals surface area contributed by atoms with Crippen LogP contribution in [0.3, 0.4) is 0 Å². The van der Waals surface area contributed by atoms with E-state index in [9.17, 15) is 4.39 Å². The molecular weight excluding hydrogens is 403 g/mol. The lowest BCUT2D eigenvalue weighted by molar-refractivity contribution is 0.626. The van der Waals surface area contributed by atoms with Gasteiger partial charge in [0.1, 0.15) is 5.82 Å². The van der Waals surface area contributed by atoms with E-state index in [1.54, 1.807) is 6.21 Å². The fourth-order valence-electron chi connectivity index (χ4n) is 2.29. The van der Waals surface area contributed by atoms with E-state index in [2.05, 4.69) is 31.4 Å². The van der Waals surface area contributed by atoms with Crippen LogP contribution in [-0.2, 0) is 0 Å². The summed E-state index contributed by atoms with van der Waals surface area (Å²) < 4.78 is 14.2. The van der Waals surface area contributed by atoms with Crippen LogP contribution in [-0.4, -0.2) is 25.3 Å². The Balaban J connectivity index is 1.78. The molecule has 0 saturated heterocycles. The van der Waals surface area contributed by atoms with Crippen LogP contribution in [0.2, 0.25) is 0 Å². The van der Waals surface area contributed by atoms with Crippen LogP contribution in [0.1, 0.15) is 5.56 Å². The standard InChI is InChI=1S/C18H16BrFN4S/c1-24(2)17-9-13(20)8-15(19)14(17)10-21-23-18-22-16(11-25-18)12-6-4-3-5-7-12/h3-11H,1-2H3,(H,22,23). The van der Waals surface area contributed by atoms with Crippen LogP contribution in [0.4, 0.5) is 15.2 Å². The molecule has 0 saturated carbocycles. The molecule has 0 radical (unpaired) electrons. The lowest BCUT2D eigenvalue weighted by Gasteiger charge is -2.16. The lowest BCUT2D eigenvalue weighted by atomic mass is 10.2. The molecule has 1 N–H and O–H groups in total. The minimum atomic E-state index is -0.298. The molecule has 0 fully saturated rings. The highest BCUT2D eigenvalue weighted by Gasteiger charge is 2.10. The zero-order chi connectivity index (χ0) is 17.8. The zero-order valence-corrected chi connectivity index (χ0v) is 16.1. The molecule has 0 unspecified atom stereocenters. The maximum atomic E-state index is 13.6. The van der Waals surface area contributed by atoms with Gasteiger partial charge < -0.3 is 4.90 Å². The number of rotatable bonds is 5. The number of halogens is 2. The molecule has 0 bridgehead atoms. The highest BCUT2D eigenvalue weighted by molar-refractivity contribution is 9.10. The van der Waals surface area contributed by atoms with Gasteiger partial charge in [0, 0.05) is 40.8 Å². The molecule has 0 aliphatic rings. The fraction of sp³-hybridized carbons (Fsp3) is 0.111. The number of hydrazone groups is 1. The van der Waals surface area contributed by atoms with E-state index >= 15 is 0 Å². The molecule has 0 aliphatic heterocycles. The number of aromatic nitrogens is 1. The van der Waals surface area contributed by atoms with Crippen molar-refractivity contribution in [3.05, 3.63) is 63.7 Å². The maximum absolute atomic E-state index is 13.6. The van der Waals surface area contributed by atoms with Crippen molar-refractivity contribution in [2.24, 2.45) is 5.10 Å². The quantitative estimate of drug-likeness (QED) is 0.455. The number of thiazole rings is 1. The minimum absolute atomic E-state index is 0.298. The van der Waals surface area contributed by atoms with Gasteiger partial charge in [0.2, 0.25) is 5.13 Å². The van der Waals surface area contributed by atoms with E-state index < -0.39 is 0 Å². The zero-order valence-electron chi connectivity index (χ0n) is 13.7. The molecule has 3 rings (SSSR count). The summed E-state index contributed by atoms with van der Waals surface area (Å²) in [4.78, 5) is 6.36. The van der Waals surface area contributed by atoms with E-state index in [0.717, 1.165) is 22.5 Å². The number of nitrogens with one attached hydrogen (secondary N) is 1. The summed E-state index contributed by atoms with van der Waals surface area (Å²) in [5, 5.41) is 6.92. The van der Waals surface area contributed by atoms with Crippen molar-refractivity contribution in [1.29, 1.82) is 0 Å². The highest BCUT2D eigenvalue weighted by atomic mass is 79.9. The normalized spacial score (nSPS) is 11.0. The molecule has 0 atom stereocenters. The Bertz CT molecular complexity index is 893. The van der Waals surface area contributed by atoms with Crippen LogP contribution in [0.25, 0.3) is 11.3 Å². The Hall–Kier alpha value is -2.25. The van der Waals surface area contributed by atoms with E-state index in [-0.39, 0.29) is 5.82 Å². The third-order valence-corrected chi connectivity index (χ3v) is 4.88. The second kappa shape index (κ2) is 7.76. The summed E-state index contributed by atoms with van der Waals surface area (Å²) >= 11 is 4.87. The summed E-state index contributed by atoms with van der Waals surface area (Å²) in [6, 6.07) is 12.9. The maximum Gasteiger partial charge on any atom is 0.203 e. The molecule has 3 aromatic rings. The monoisotopic (exact) mass is 418 g/mol. The van der Waals surface area contributed by atoms with Crippen LogP contribution in [0.5, 0.6) is 0 Å². The second-order valence-corrected chi connectivity index (χ2v) is 7.20. The molecule has 1 heterocycles. The van der Waals surface area contributed by atoms with Crippen molar-refractivity contribution in [2.75, 3.05) is 24.4 Å². The molecule has 128 valence electrons. The van der Waals surface area contributed by atoms with Crippen molar-refractivity contribution in [3.63, 3.8) is 0 Å². The average molecular weight is 419 g/mol. The van der Waals surface area contributed by atoms with Gasteiger partial charge in [-0.2, -0.15) is 5.10 Å². The van der Waals surface area contributed by atoms with Gasteiger partial charge in [-0.3, -0.25) is 5.43 Å². The molecule has 25 heavy (non-hydrogen) atoms. The molecule has 0 amide bonds. The predicted octanol–water partition coefficient (Wildman–Crippen LogP) is 5.22. The van der Waals surface area contributed by atoms with E-state index in [0.29, 0.717) is 9.60 Å². The van der Waals surface area contributed by atoms with Crippen molar-refractivity contribution in [3.8, 4) is 11.3 Å².